The lowest BCUT2D eigenvalue weighted by atomic mass is 10.2. The first kappa shape index (κ1) is 20.1. The third-order valence-corrected chi connectivity index (χ3v) is 5.02. The molecule has 0 fully saturated rings. The summed E-state index contributed by atoms with van der Waals surface area (Å²) in [7, 11) is 0. The van der Waals surface area contributed by atoms with Crippen LogP contribution in [-0.2, 0) is 0 Å². The SMILES string of the molecule is CCN(c1nc(N)nc(N)c1C#N)c1nc2cccc(Cl)c2c(=O)n1-c1ccccc1. The maximum absolute atomic E-state index is 13.6. The molecule has 0 saturated carbocycles. The molecule has 0 amide bonds. The number of para-hydroxylation sites is 1. The predicted octanol–water partition coefficient (Wildman–Crippen LogP) is 3.02. The summed E-state index contributed by atoms with van der Waals surface area (Å²) in [6.07, 6.45) is 0. The minimum atomic E-state index is -0.358. The van der Waals surface area contributed by atoms with Gasteiger partial charge in [-0.25, -0.2) is 9.55 Å². The van der Waals surface area contributed by atoms with E-state index in [9.17, 15) is 10.1 Å². The van der Waals surface area contributed by atoms with Gasteiger partial charge in [-0.2, -0.15) is 15.2 Å². The first-order valence-corrected chi connectivity index (χ1v) is 9.71. The van der Waals surface area contributed by atoms with Gasteiger partial charge in [0.15, 0.2) is 5.82 Å². The summed E-state index contributed by atoms with van der Waals surface area (Å²) in [5.41, 5.74) is 12.4. The number of nitriles is 1. The van der Waals surface area contributed by atoms with Crippen LogP contribution in [0.2, 0.25) is 5.02 Å². The van der Waals surface area contributed by atoms with Gasteiger partial charge in [0.2, 0.25) is 11.9 Å². The topological polar surface area (TPSA) is 140 Å². The zero-order chi connectivity index (χ0) is 22.1. The molecule has 4 N–H and O–H groups in total. The molecule has 2 aromatic carbocycles. The lowest BCUT2D eigenvalue weighted by molar-refractivity contribution is 0.859. The fourth-order valence-corrected chi connectivity index (χ4v) is 3.59. The Labute approximate surface area is 182 Å². The summed E-state index contributed by atoms with van der Waals surface area (Å²) in [5, 5.41) is 10.2. The highest BCUT2D eigenvalue weighted by Gasteiger charge is 2.24. The number of anilines is 4. The molecule has 10 heteroatoms. The molecule has 2 heterocycles. The Morgan fingerprint density at radius 3 is 2.52 bits per heavy atom. The van der Waals surface area contributed by atoms with E-state index in [1.54, 1.807) is 47.4 Å². The number of fused-ring (bicyclic) bond motifs is 1. The number of nitrogens with zero attached hydrogens (tertiary/aromatic N) is 6. The van der Waals surface area contributed by atoms with E-state index in [1.807, 2.05) is 19.1 Å². The largest absolute Gasteiger partial charge is 0.382 e. The van der Waals surface area contributed by atoms with Crippen LogP contribution in [0.15, 0.2) is 53.3 Å². The van der Waals surface area contributed by atoms with Gasteiger partial charge in [0.1, 0.15) is 17.5 Å². The summed E-state index contributed by atoms with van der Waals surface area (Å²) in [4.78, 5) is 28.0. The van der Waals surface area contributed by atoms with Crippen molar-refractivity contribution in [3.05, 3.63) is 69.5 Å². The van der Waals surface area contributed by atoms with Gasteiger partial charge in [-0.05, 0) is 31.2 Å². The minimum absolute atomic E-state index is 0.0381. The summed E-state index contributed by atoms with van der Waals surface area (Å²) in [6, 6.07) is 16.1. The molecule has 0 aliphatic heterocycles. The number of halogens is 1. The molecule has 154 valence electrons. The molecule has 2 aromatic heterocycles. The van der Waals surface area contributed by atoms with Crippen LogP contribution in [0.5, 0.6) is 0 Å². The van der Waals surface area contributed by atoms with Crippen LogP contribution >= 0.6 is 11.6 Å². The van der Waals surface area contributed by atoms with Gasteiger partial charge in [-0.1, -0.05) is 35.9 Å². The number of nitrogen functional groups attached to an aromatic ring is 2. The summed E-state index contributed by atoms with van der Waals surface area (Å²) < 4.78 is 1.42. The second-order valence-corrected chi connectivity index (χ2v) is 6.95. The highest BCUT2D eigenvalue weighted by atomic mass is 35.5. The second kappa shape index (κ2) is 7.93. The van der Waals surface area contributed by atoms with Crippen molar-refractivity contribution in [1.82, 2.24) is 19.5 Å². The van der Waals surface area contributed by atoms with Gasteiger partial charge >= 0.3 is 0 Å². The maximum atomic E-state index is 13.6. The predicted molar refractivity (Wildman–Crippen MR) is 121 cm³/mol. The molecule has 4 rings (SSSR count). The molecule has 0 spiro atoms. The van der Waals surface area contributed by atoms with Crippen LogP contribution in [0.1, 0.15) is 12.5 Å². The van der Waals surface area contributed by atoms with Crippen LogP contribution in [0.4, 0.5) is 23.5 Å². The highest BCUT2D eigenvalue weighted by Crippen LogP contribution is 2.31. The van der Waals surface area contributed by atoms with Gasteiger partial charge in [0.25, 0.3) is 5.56 Å². The number of hydrogen-bond donors (Lipinski definition) is 2. The van der Waals surface area contributed by atoms with E-state index in [0.29, 0.717) is 22.8 Å². The smallest absolute Gasteiger partial charge is 0.268 e. The van der Waals surface area contributed by atoms with E-state index in [-0.39, 0.29) is 40.0 Å². The van der Waals surface area contributed by atoms with Crippen molar-refractivity contribution in [2.24, 2.45) is 0 Å². The molecule has 31 heavy (non-hydrogen) atoms. The van der Waals surface area contributed by atoms with Crippen molar-refractivity contribution in [2.75, 3.05) is 22.9 Å². The molecule has 0 bridgehead atoms. The van der Waals surface area contributed by atoms with Crippen LogP contribution in [0.3, 0.4) is 0 Å². The van der Waals surface area contributed by atoms with Gasteiger partial charge in [0.05, 0.1) is 21.6 Å². The zero-order valence-corrected chi connectivity index (χ0v) is 17.2. The zero-order valence-electron chi connectivity index (χ0n) is 16.5. The Balaban J connectivity index is 2.12. The molecule has 0 aliphatic rings. The Hall–Kier alpha value is -4.16. The number of benzene rings is 2. The van der Waals surface area contributed by atoms with Crippen molar-refractivity contribution in [3.63, 3.8) is 0 Å². The normalized spacial score (nSPS) is 10.7. The molecule has 0 atom stereocenters. The van der Waals surface area contributed by atoms with E-state index >= 15 is 0 Å². The fraction of sp³-hybridized carbons (Fsp3) is 0.0952. The van der Waals surface area contributed by atoms with Crippen LogP contribution in [0.25, 0.3) is 16.6 Å². The minimum Gasteiger partial charge on any atom is -0.382 e. The van der Waals surface area contributed by atoms with Gasteiger partial charge in [0, 0.05) is 6.54 Å². The van der Waals surface area contributed by atoms with E-state index in [0.717, 1.165) is 0 Å². The van der Waals surface area contributed by atoms with E-state index in [2.05, 4.69) is 9.97 Å². The Bertz CT molecular complexity index is 1390. The van der Waals surface area contributed by atoms with E-state index in [4.69, 9.17) is 28.1 Å². The first-order valence-electron chi connectivity index (χ1n) is 9.33. The molecule has 0 aliphatic carbocycles. The molecule has 9 nitrogen and oxygen atoms in total. The number of aromatic nitrogens is 4. The quantitative estimate of drug-likeness (QED) is 0.501. The lowest BCUT2D eigenvalue weighted by Gasteiger charge is -2.26. The van der Waals surface area contributed by atoms with Crippen molar-refractivity contribution < 1.29 is 0 Å². The maximum Gasteiger partial charge on any atom is 0.268 e. The third kappa shape index (κ3) is 3.39. The Morgan fingerprint density at radius 1 is 1.10 bits per heavy atom. The fourth-order valence-electron chi connectivity index (χ4n) is 3.34. The molecule has 4 aromatic rings. The Morgan fingerprint density at radius 2 is 1.84 bits per heavy atom. The van der Waals surface area contributed by atoms with Crippen molar-refractivity contribution in [3.8, 4) is 11.8 Å². The average Bonchev–Trinajstić information content (AvgIpc) is 2.75. The molecule has 0 saturated heterocycles. The van der Waals surface area contributed by atoms with Gasteiger partial charge < -0.3 is 11.5 Å². The van der Waals surface area contributed by atoms with Crippen molar-refractivity contribution >= 4 is 46.0 Å². The first-order chi connectivity index (χ1) is 15.0. The molecule has 0 unspecified atom stereocenters. The monoisotopic (exact) mass is 432 g/mol. The van der Waals surface area contributed by atoms with Crippen molar-refractivity contribution in [2.45, 2.75) is 6.92 Å². The Kier molecular flexibility index (Phi) is 5.15. The van der Waals surface area contributed by atoms with Gasteiger partial charge in [-0.15, -0.1) is 0 Å². The van der Waals surface area contributed by atoms with Crippen LogP contribution in [0, 0.1) is 11.3 Å². The van der Waals surface area contributed by atoms with Gasteiger partial charge in [-0.3, -0.25) is 9.69 Å². The lowest BCUT2D eigenvalue weighted by Crippen LogP contribution is -2.31. The summed E-state index contributed by atoms with van der Waals surface area (Å²) in [6.45, 7) is 2.15. The second-order valence-electron chi connectivity index (χ2n) is 6.54. The third-order valence-electron chi connectivity index (χ3n) is 4.70. The number of rotatable bonds is 4. The van der Waals surface area contributed by atoms with E-state index in [1.165, 1.54) is 4.57 Å². The standard InChI is InChI=1S/C21H17ClN8O/c1-2-29(18-13(11-23)17(24)27-20(25)28-18)21-26-15-10-6-9-14(22)16(15)19(31)30(21)12-7-4-3-5-8-12/h3-10H,2H2,1H3,(H4,24,25,27,28). The molecule has 0 radical (unpaired) electrons. The van der Waals surface area contributed by atoms with Crippen LogP contribution in [-0.4, -0.2) is 26.1 Å². The average molecular weight is 433 g/mol. The summed E-state index contributed by atoms with van der Waals surface area (Å²) in [5.74, 6) is 0.249. The van der Waals surface area contributed by atoms with E-state index < -0.39 is 0 Å². The molecular weight excluding hydrogens is 416 g/mol. The summed E-state index contributed by atoms with van der Waals surface area (Å²) >= 11 is 6.33. The number of nitrogens with two attached hydrogens (primary N) is 2. The highest BCUT2D eigenvalue weighted by molar-refractivity contribution is 6.35. The van der Waals surface area contributed by atoms with Crippen molar-refractivity contribution in [1.29, 1.82) is 5.26 Å². The number of hydrogen-bond acceptors (Lipinski definition) is 8. The van der Waals surface area contributed by atoms with Crippen LogP contribution < -0.4 is 21.9 Å². The molecular formula is C21H17ClN8O.